The van der Waals surface area contributed by atoms with Crippen molar-refractivity contribution in [2.75, 3.05) is 34.8 Å². The second kappa shape index (κ2) is 9.46. The lowest BCUT2D eigenvalue weighted by Crippen LogP contribution is -2.40. The van der Waals surface area contributed by atoms with Crippen LogP contribution in [0.15, 0.2) is 24.3 Å². The van der Waals surface area contributed by atoms with Gasteiger partial charge in [-0.25, -0.2) is 8.42 Å². The Balaban J connectivity index is 0.00000264. The van der Waals surface area contributed by atoms with Gasteiger partial charge in [-0.05, 0) is 25.1 Å². The van der Waals surface area contributed by atoms with Gasteiger partial charge >= 0.3 is 0 Å². The molecule has 24 heavy (non-hydrogen) atoms. The molecule has 6 nitrogen and oxygen atoms in total. The maximum atomic E-state index is 12.0. The first-order valence-electron chi connectivity index (χ1n) is 7.40. The van der Waals surface area contributed by atoms with Gasteiger partial charge < -0.3 is 16.0 Å². The number of hydrogen-bond acceptors (Lipinski definition) is 5. The minimum atomic E-state index is -2.90. The number of amides is 1. The molecule has 0 aromatic heterocycles. The Morgan fingerprint density at radius 3 is 2.33 bits per heavy atom. The molecule has 9 heteroatoms. The predicted octanol–water partition coefficient (Wildman–Crippen LogP) is 1.69. The molecule has 0 radical (unpaired) electrons. The maximum absolute atomic E-state index is 12.0. The molecule has 3 N–H and O–H groups in total. The molecule has 1 aromatic carbocycles. The van der Waals surface area contributed by atoms with E-state index in [-0.39, 0.29) is 54.2 Å². The molecule has 0 aliphatic carbocycles. The van der Waals surface area contributed by atoms with Gasteiger partial charge in [-0.3, -0.25) is 4.79 Å². The van der Waals surface area contributed by atoms with Gasteiger partial charge in [-0.1, -0.05) is 13.0 Å². The topological polar surface area (TPSA) is 92.5 Å². The average Bonchev–Trinajstić information content (AvgIpc) is 2.46. The molecule has 2 unspecified atom stereocenters. The van der Waals surface area contributed by atoms with E-state index in [1.807, 2.05) is 29.2 Å². The number of carbonyl (C=O) groups excluding carboxylic acids is 1. The number of halogens is 2. The van der Waals surface area contributed by atoms with Gasteiger partial charge in [-0.15, -0.1) is 24.8 Å². The van der Waals surface area contributed by atoms with Gasteiger partial charge in [0, 0.05) is 30.5 Å². The Morgan fingerprint density at radius 1 is 1.21 bits per heavy atom. The summed E-state index contributed by atoms with van der Waals surface area (Å²) in [6.45, 7) is 4.56. The number of nitrogens with one attached hydrogen (secondary N) is 1. The molecule has 138 valence electrons. The SMILES string of the molecule is CC(N)C(C)C(=O)Nc1cccc(N2CCS(=O)(=O)CC2)c1.Cl.Cl. The Labute approximate surface area is 155 Å². The van der Waals surface area contributed by atoms with Crippen LogP contribution in [0.4, 0.5) is 11.4 Å². The molecule has 0 spiro atoms. The predicted molar refractivity (Wildman–Crippen MR) is 103 cm³/mol. The summed E-state index contributed by atoms with van der Waals surface area (Å²) < 4.78 is 23.0. The first kappa shape index (κ1) is 23.0. The van der Waals surface area contributed by atoms with Crippen LogP contribution in [0, 0.1) is 5.92 Å². The largest absolute Gasteiger partial charge is 0.369 e. The van der Waals surface area contributed by atoms with Gasteiger partial charge in [0.15, 0.2) is 9.84 Å². The van der Waals surface area contributed by atoms with Crippen LogP contribution in [-0.4, -0.2) is 45.0 Å². The van der Waals surface area contributed by atoms with Crippen molar-refractivity contribution < 1.29 is 13.2 Å². The summed E-state index contributed by atoms with van der Waals surface area (Å²) in [5.41, 5.74) is 7.35. The van der Waals surface area contributed by atoms with Crippen LogP contribution in [0.5, 0.6) is 0 Å². The minimum absolute atomic E-state index is 0. The molecule has 1 aliphatic heterocycles. The highest BCUT2D eigenvalue weighted by Crippen LogP contribution is 2.22. The summed E-state index contributed by atoms with van der Waals surface area (Å²) in [7, 11) is -2.90. The van der Waals surface area contributed by atoms with Crippen molar-refractivity contribution in [3.05, 3.63) is 24.3 Å². The van der Waals surface area contributed by atoms with E-state index in [1.165, 1.54) is 0 Å². The number of nitrogens with zero attached hydrogens (tertiary/aromatic N) is 1. The van der Waals surface area contributed by atoms with Gasteiger partial charge in [-0.2, -0.15) is 0 Å². The molecule has 2 atom stereocenters. The van der Waals surface area contributed by atoms with Gasteiger partial charge in [0.1, 0.15) is 0 Å². The molecule has 2 rings (SSSR count). The van der Waals surface area contributed by atoms with E-state index in [0.29, 0.717) is 18.8 Å². The Hall–Kier alpha value is -1.02. The van der Waals surface area contributed by atoms with Crippen molar-refractivity contribution in [3.8, 4) is 0 Å². The summed E-state index contributed by atoms with van der Waals surface area (Å²) in [5.74, 6) is -0.0477. The summed E-state index contributed by atoms with van der Waals surface area (Å²) in [6, 6.07) is 7.24. The first-order valence-corrected chi connectivity index (χ1v) is 9.22. The van der Waals surface area contributed by atoms with Gasteiger partial charge in [0.2, 0.25) is 5.91 Å². The third-order valence-corrected chi connectivity index (χ3v) is 5.63. The third-order valence-electron chi connectivity index (χ3n) is 4.03. The van der Waals surface area contributed by atoms with E-state index in [0.717, 1.165) is 5.69 Å². The monoisotopic (exact) mass is 397 g/mol. The van der Waals surface area contributed by atoms with Crippen LogP contribution in [0.25, 0.3) is 0 Å². The second-order valence-electron chi connectivity index (χ2n) is 5.83. The molecule has 1 saturated heterocycles. The molecule has 1 aromatic rings. The van der Waals surface area contributed by atoms with Crippen molar-refractivity contribution in [3.63, 3.8) is 0 Å². The van der Waals surface area contributed by atoms with Crippen molar-refractivity contribution >= 4 is 51.9 Å². The van der Waals surface area contributed by atoms with E-state index in [9.17, 15) is 13.2 Å². The highest BCUT2D eigenvalue weighted by Gasteiger charge is 2.22. The molecule has 0 saturated carbocycles. The highest BCUT2D eigenvalue weighted by molar-refractivity contribution is 7.91. The third kappa shape index (κ3) is 6.12. The quantitative estimate of drug-likeness (QED) is 0.805. The normalized spacial score (nSPS) is 18.5. The molecule has 0 bridgehead atoms. The number of sulfone groups is 1. The molecular weight excluding hydrogens is 373 g/mol. The molecule has 1 fully saturated rings. The number of benzene rings is 1. The van der Waals surface area contributed by atoms with Gasteiger partial charge in [0.25, 0.3) is 0 Å². The fraction of sp³-hybridized carbons (Fsp3) is 0.533. The van der Waals surface area contributed by atoms with E-state index < -0.39 is 9.84 Å². The number of nitrogens with two attached hydrogens (primary N) is 1. The van der Waals surface area contributed by atoms with E-state index in [1.54, 1.807) is 13.8 Å². The number of hydrogen-bond donors (Lipinski definition) is 2. The fourth-order valence-electron chi connectivity index (χ4n) is 2.25. The zero-order valence-electron chi connectivity index (χ0n) is 13.8. The van der Waals surface area contributed by atoms with Crippen LogP contribution < -0.4 is 16.0 Å². The van der Waals surface area contributed by atoms with Crippen LogP contribution in [0.3, 0.4) is 0 Å². The Bertz CT molecular complexity index is 639. The van der Waals surface area contributed by atoms with Crippen molar-refractivity contribution in [1.29, 1.82) is 0 Å². The van der Waals surface area contributed by atoms with Gasteiger partial charge in [0.05, 0.1) is 17.4 Å². The van der Waals surface area contributed by atoms with Crippen LogP contribution >= 0.6 is 24.8 Å². The van der Waals surface area contributed by atoms with Crippen LogP contribution in [-0.2, 0) is 14.6 Å². The number of anilines is 2. The van der Waals surface area contributed by atoms with Crippen molar-refractivity contribution in [2.45, 2.75) is 19.9 Å². The zero-order chi connectivity index (χ0) is 16.3. The summed E-state index contributed by atoms with van der Waals surface area (Å²) in [4.78, 5) is 14.1. The standard InChI is InChI=1S/C15H23N3O3S.2ClH/c1-11(12(2)16)15(19)17-13-4-3-5-14(10-13)18-6-8-22(20,21)9-7-18;;/h3-5,10-12H,6-9,16H2,1-2H3,(H,17,19);2*1H. The van der Waals surface area contributed by atoms with Crippen LogP contribution in [0.2, 0.25) is 0 Å². The van der Waals surface area contributed by atoms with Crippen molar-refractivity contribution in [2.24, 2.45) is 11.7 Å². The highest BCUT2D eigenvalue weighted by atomic mass is 35.5. The molecular formula is C15H25Cl2N3O3S. The minimum Gasteiger partial charge on any atom is -0.369 e. The lowest BCUT2D eigenvalue weighted by atomic mass is 10.0. The zero-order valence-corrected chi connectivity index (χ0v) is 16.2. The lowest BCUT2D eigenvalue weighted by molar-refractivity contribution is -0.119. The number of carbonyl (C=O) groups is 1. The Kier molecular flexibility index (Phi) is 9.06. The van der Waals surface area contributed by atoms with Crippen LogP contribution in [0.1, 0.15) is 13.8 Å². The number of rotatable bonds is 4. The first-order chi connectivity index (χ1) is 10.3. The van der Waals surface area contributed by atoms with Crippen molar-refractivity contribution in [1.82, 2.24) is 0 Å². The smallest absolute Gasteiger partial charge is 0.228 e. The summed E-state index contributed by atoms with van der Waals surface area (Å²) in [6.07, 6.45) is 0. The summed E-state index contributed by atoms with van der Waals surface area (Å²) >= 11 is 0. The van der Waals surface area contributed by atoms with E-state index >= 15 is 0 Å². The fourth-order valence-corrected chi connectivity index (χ4v) is 3.45. The second-order valence-corrected chi connectivity index (χ2v) is 8.13. The molecule has 1 aliphatic rings. The Morgan fingerprint density at radius 2 is 1.79 bits per heavy atom. The van der Waals surface area contributed by atoms with E-state index in [4.69, 9.17) is 5.73 Å². The lowest BCUT2D eigenvalue weighted by Gasteiger charge is -2.29. The van der Waals surface area contributed by atoms with E-state index in [2.05, 4.69) is 5.32 Å². The molecule has 1 heterocycles. The molecule has 1 amide bonds. The summed E-state index contributed by atoms with van der Waals surface area (Å²) in [5, 5.41) is 2.85. The maximum Gasteiger partial charge on any atom is 0.228 e. The average molecular weight is 398 g/mol.